The fraction of sp³-hybridized carbons (Fsp3) is 0.450. The van der Waals surface area contributed by atoms with Gasteiger partial charge in [0.15, 0.2) is 0 Å². The van der Waals surface area contributed by atoms with Crippen LogP contribution < -0.4 is 0 Å². The molecule has 1 saturated heterocycles. The monoisotopic (exact) mass is 371 g/mol. The van der Waals surface area contributed by atoms with E-state index in [0.29, 0.717) is 13.1 Å². The van der Waals surface area contributed by atoms with Crippen molar-refractivity contribution in [2.45, 2.75) is 37.9 Å². The van der Waals surface area contributed by atoms with Crippen molar-refractivity contribution in [1.82, 2.24) is 14.2 Å². The third-order valence-corrected chi connectivity index (χ3v) is 6.96. The van der Waals surface area contributed by atoms with E-state index >= 15 is 0 Å². The van der Waals surface area contributed by atoms with Gasteiger partial charge in [-0.25, -0.2) is 8.42 Å². The van der Waals surface area contributed by atoms with Gasteiger partial charge in [0.25, 0.3) is 0 Å². The first-order chi connectivity index (χ1) is 12.5. The Kier molecular flexibility index (Phi) is 4.59. The summed E-state index contributed by atoms with van der Waals surface area (Å²) in [5.41, 5.74) is 3.43. The highest BCUT2D eigenvalue weighted by atomic mass is 32.2. The maximum Gasteiger partial charge on any atom is 0.211 e. The standard InChI is InChI=1S/C20H25N3O2S/c1-26(24,25)23-15-19-8-3-2-7-18(19)12-20(16-23)9-5-11-22(20)14-17-6-4-10-21-13-17/h2-4,6-8,10,13H,5,9,11-12,14-16H2,1H3. The van der Waals surface area contributed by atoms with Crippen LogP contribution in [-0.2, 0) is 29.5 Å². The first kappa shape index (κ1) is 17.6. The van der Waals surface area contributed by atoms with Crippen LogP contribution in [0.1, 0.15) is 29.5 Å². The lowest BCUT2D eigenvalue weighted by Crippen LogP contribution is -2.53. The molecule has 1 aromatic carbocycles. The van der Waals surface area contributed by atoms with Crippen LogP contribution >= 0.6 is 0 Å². The molecule has 1 unspecified atom stereocenters. The molecule has 26 heavy (non-hydrogen) atoms. The van der Waals surface area contributed by atoms with E-state index in [4.69, 9.17) is 0 Å². The van der Waals surface area contributed by atoms with Gasteiger partial charge in [-0.2, -0.15) is 4.31 Å². The second-order valence-electron chi connectivity index (χ2n) is 7.59. The number of hydrogen-bond acceptors (Lipinski definition) is 4. The predicted molar refractivity (Wildman–Crippen MR) is 102 cm³/mol. The van der Waals surface area contributed by atoms with Gasteiger partial charge in [0.1, 0.15) is 0 Å². The molecular weight excluding hydrogens is 346 g/mol. The molecule has 138 valence electrons. The third kappa shape index (κ3) is 3.41. The number of sulfonamides is 1. The topological polar surface area (TPSA) is 53.5 Å². The number of likely N-dealkylation sites (tertiary alicyclic amines) is 1. The Bertz CT molecular complexity index is 885. The SMILES string of the molecule is CS(=O)(=O)N1Cc2ccccc2CC2(CCCN2Cc2cccnc2)C1. The second-order valence-corrected chi connectivity index (χ2v) is 9.57. The molecule has 2 aliphatic rings. The molecule has 5 nitrogen and oxygen atoms in total. The van der Waals surface area contributed by atoms with Crippen LogP contribution in [0.4, 0.5) is 0 Å². The van der Waals surface area contributed by atoms with Crippen molar-refractivity contribution in [3.05, 3.63) is 65.5 Å². The third-order valence-electron chi connectivity index (χ3n) is 5.76. The minimum atomic E-state index is -3.26. The molecule has 0 radical (unpaired) electrons. The molecule has 1 atom stereocenters. The minimum absolute atomic E-state index is 0.147. The van der Waals surface area contributed by atoms with E-state index in [2.05, 4.69) is 34.1 Å². The molecule has 1 fully saturated rings. The van der Waals surface area contributed by atoms with Gasteiger partial charge in [0.2, 0.25) is 10.0 Å². The van der Waals surface area contributed by atoms with Gasteiger partial charge in [-0.05, 0) is 48.6 Å². The summed E-state index contributed by atoms with van der Waals surface area (Å²) in [6.45, 7) is 2.83. The number of hydrogen-bond donors (Lipinski definition) is 0. The lowest BCUT2D eigenvalue weighted by atomic mass is 9.87. The number of pyridine rings is 1. The Hall–Kier alpha value is -1.76. The lowest BCUT2D eigenvalue weighted by Gasteiger charge is -2.40. The Labute approximate surface area is 155 Å². The fourth-order valence-corrected chi connectivity index (χ4v) is 5.28. The average molecular weight is 372 g/mol. The molecular formula is C20H25N3O2S. The van der Waals surface area contributed by atoms with Crippen molar-refractivity contribution in [3.63, 3.8) is 0 Å². The van der Waals surface area contributed by atoms with Gasteiger partial charge in [-0.3, -0.25) is 9.88 Å². The van der Waals surface area contributed by atoms with Crippen molar-refractivity contribution in [2.75, 3.05) is 19.3 Å². The highest BCUT2D eigenvalue weighted by molar-refractivity contribution is 7.88. The van der Waals surface area contributed by atoms with Crippen LogP contribution in [0.5, 0.6) is 0 Å². The van der Waals surface area contributed by atoms with E-state index in [9.17, 15) is 8.42 Å². The van der Waals surface area contributed by atoms with Crippen LogP contribution in [0.3, 0.4) is 0 Å². The van der Waals surface area contributed by atoms with E-state index in [0.717, 1.165) is 37.9 Å². The summed E-state index contributed by atoms with van der Waals surface area (Å²) >= 11 is 0. The molecule has 6 heteroatoms. The first-order valence-corrected chi connectivity index (χ1v) is 11.0. The van der Waals surface area contributed by atoms with E-state index in [1.807, 2.05) is 18.3 Å². The normalized spacial score (nSPS) is 24.5. The summed E-state index contributed by atoms with van der Waals surface area (Å²) in [6.07, 6.45) is 8.04. The van der Waals surface area contributed by atoms with Gasteiger partial charge in [0.05, 0.1) is 6.26 Å². The molecule has 0 N–H and O–H groups in total. The summed E-state index contributed by atoms with van der Waals surface area (Å²) in [6, 6.07) is 12.3. The van der Waals surface area contributed by atoms with Gasteiger partial charge >= 0.3 is 0 Å². The quantitative estimate of drug-likeness (QED) is 0.832. The van der Waals surface area contributed by atoms with Gasteiger partial charge in [-0.1, -0.05) is 30.3 Å². The summed E-state index contributed by atoms with van der Waals surface area (Å²) in [7, 11) is -3.26. The summed E-state index contributed by atoms with van der Waals surface area (Å²) in [5.74, 6) is 0. The molecule has 1 spiro atoms. The molecule has 1 aromatic heterocycles. The summed E-state index contributed by atoms with van der Waals surface area (Å²) < 4.78 is 26.6. The number of nitrogens with zero attached hydrogens (tertiary/aromatic N) is 3. The molecule has 0 bridgehead atoms. The maximum atomic E-state index is 12.5. The van der Waals surface area contributed by atoms with Crippen molar-refractivity contribution in [3.8, 4) is 0 Å². The summed E-state index contributed by atoms with van der Waals surface area (Å²) in [4.78, 5) is 6.71. The van der Waals surface area contributed by atoms with E-state index in [1.165, 1.54) is 17.4 Å². The molecule has 4 rings (SSSR count). The van der Waals surface area contributed by atoms with E-state index in [1.54, 1.807) is 10.5 Å². The Morgan fingerprint density at radius 1 is 1.15 bits per heavy atom. The van der Waals surface area contributed by atoms with Gasteiger partial charge < -0.3 is 0 Å². The number of benzene rings is 1. The highest BCUT2D eigenvalue weighted by Crippen LogP contribution is 2.38. The number of rotatable bonds is 3. The zero-order chi connectivity index (χ0) is 18.2. The van der Waals surface area contributed by atoms with Crippen molar-refractivity contribution in [2.24, 2.45) is 0 Å². The zero-order valence-electron chi connectivity index (χ0n) is 15.1. The first-order valence-electron chi connectivity index (χ1n) is 9.12. The predicted octanol–water partition coefficient (Wildman–Crippen LogP) is 2.43. The number of fused-ring (bicyclic) bond motifs is 1. The summed E-state index contributed by atoms with van der Waals surface area (Å²) in [5, 5.41) is 0. The van der Waals surface area contributed by atoms with Crippen LogP contribution in [0.25, 0.3) is 0 Å². The van der Waals surface area contributed by atoms with E-state index < -0.39 is 10.0 Å². The molecule has 2 aliphatic heterocycles. The smallest absolute Gasteiger partial charge is 0.211 e. The zero-order valence-corrected chi connectivity index (χ0v) is 16.0. The Balaban J connectivity index is 1.72. The molecule has 0 amide bonds. The Morgan fingerprint density at radius 2 is 1.96 bits per heavy atom. The van der Waals surface area contributed by atoms with Crippen LogP contribution in [-0.4, -0.2) is 47.5 Å². The average Bonchev–Trinajstić information content (AvgIpc) is 2.88. The van der Waals surface area contributed by atoms with Gasteiger partial charge in [0, 0.05) is 37.6 Å². The van der Waals surface area contributed by atoms with Crippen molar-refractivity contribution >= 4 is 10.0 Å². The second kappa shape index (κ2) is 6.76. The van der Waals surface area contributed by atoms with E-state index in [-0.39, 0.29) is 5.54 Å². The lowest BCUT2D eigenvalue weighted by molar-refractivity contribution is 0.107. The van der Waals surface area contributed by atoms with Crippen LogP contribution in [0.15, 0.2) is 48.8 Å². The maximum absolute atomic E-state index is 12.5. The van der Waals surface area contributed by atoms with Gasteiger partial charge in [-0.15, -0.1) is 0 Å². The number of aromatic nitrogens is 1. The minimum Gasteiger partial charge on any atom is -0.292 e. The largest absolute Gasteiger partial charge is 0.292 e. The molecule has 0 saturated carbocycles. The van der Waals surface area contributed by atoms with Crippen molar-refractivity contribution < 1.29 is 8.42 Å². The van der Waals surface area contributed by atoms with Crippen LogP contribution in [0, 0.1) is 0 Å². The van der Waals surface area contributed by atoms with Crippen molar-refractivity contribution in [1.29, 1.82) is 0 Å². The highest BCUT2D eigenvalue weighted by Gasteiger charge is 2.45. The van der Waals surface area contributed by atoms with Crippen LogP contribution in [0.2, 0.25) is 0 Å². The fourth-order valence-electron chi connectivity index (χ4n) is 4.44. The Morgan fingerprint density at radius 3 is 2.69 bits per heavy atom. The molecule has 2 aromatic rings. The molecule has 3 heterocycles. The molecule has 0 aliphatic carbocycles.